The SMILES string of the molecule is CNS(=O)(=O)NC(CCS(C)(=O)=O)C(=O)O. The van der Waals surface area contributed by atoms with Crippen LogP contribution in [0.2, 0.25) is 0 Å². The number of hydrogen-bond acceptors (Lipinski definition) is 5. The molecule has 1 unspecified atom stereocenters. The number of hydrogen-bond donors (Lipinski definition) is 3. The van der Waals surface area contributed by atoms with Gasteiger partial charge in [0.05, 0.1) is 5.75 Å². The van der Waals surface area contributed by atoms with E-state index in [1.54, 1.807) is 0 Å². The highest BCUT2D eigenvalue weighted by molar-refractivity contribution is 7.90. The van der Waals surface area contributed by atoms with Gasteiger partial charge in [-0.15, -0.1) is 0 Å². The van der Waals surface area contributed by atoms with Crippen molar-refractivity contribution >= 4 is 26.0 Å². The monoisotopic (exact) mass is 274 g/mol. The quantitative estimate of drug-likeness (QED) is 0.489. The van der Waals surface area contributed by atoms with E-state index in [0.29, 0.717) is 0 Å². The predicted octanol–water partition coefficient (Wildman–Crippen LogP) is -2.07. The van der Waals surface area contributed by atoms with E-state index < -0.39 is 37.8 Å². The summed E-state index contributed by atoms with van der Waals surface area (Å²) in [6.45, 7) is 0. The topological polar surface area (TPSA) is 130 Å². The second-order valence-corrected chi connectivity index (χ2v) is 7.05. The lowest BCUT2D eigenvalue weighted by atomic mass is 10.2. The van der Waals surface area contributed by atoms with Gasteiger partial charge in [-0.25, -0.2) is 13.1 Å². The van der Waals surface area contributed by atoms with Gasteiger partial charge in [-0.1, -0.05) is 0 Å². The number of sulfone groups is 1. The Hall–Kier alpha value is -0.710. The second-order valence-electron chi connectivity index (χ2n) is 3.13. The minimum absolute atomic E-state index is 0.324. The van der Waals surface area contributed by atoms with E-state index in [-0.39, 0.29) is 6.42 Å². The van der Waals surface area contributed by atoms with Crippen molar-refractivity contribution in [1.82, 2.24) is 9.44 Å². The predicted molar refractivity (Wildman–Crippen MR) is 56.9 cm³/mol. The van der Waals surface area contributed by atoms with Gasteiger partial charge in [-0.3, -0.25) is 4.79 Å². The maximum atomic E-state index is 11.0. The summed E-state index contributed by atoms with van der Waals surface area (Å²) in [6.07, 6.45) is 0.619. The molecule has 0 aromatic heterocycles. The molecular weight excluding hydrogens is 260 g/mol. The van der Waals surface area contributed by atoms with E-state index in [9.17, 15) is 21.6 Å². The lowest BCUT2D eigenvalue weighted by molar-refractivity contribution is -0.139. The van der Waals surface area contributed by atoms with Crippen LogP contribution in [0, 0.1) is 0 Å². The molecule has 0 aliphatic rings. The minimum atomic E-state index is -3.91. The van der Waals surface area contributed by atoms with Crippen LogP contribution in [0.15, 0.2) is 0 Å². The van der Waals surface area contributed by atoms with Crippen LogP contribution in [0.5, 0.6) is 0 Å². The van der Waals surface area contributed by atoms with Gasteiger partial charge in [0.25, 0.3) is 10.2 Å². The summed E-state index contributed by atoms with van der Waals surface area (Å²) in [4.78, 5) is 10.7. The number of carboxylic acids is 1. The molecule has 0 aliphatic carbocycles. The molecule has 0 heterocycles. The van der Waals surface area contributed by atoms with Crippen molar-refractivity contribution in [2.45, 2.75) is 12.5 Å². The largest absolute Gasteiger partial charge is 0.480 e. The Morgan fingerprint density at radius 3 is 2.12 bits per heavy atom. The molecule has 0 spiro atoms. The standard InChI is InChI=1S/C6H14N2O6S2/c1-7-16(13,14)8-5(6(9)10)3-4-15(2,11)12/h5,7-8H,3-4H2,1-2H3,(H,9,10). The Labute approximate surface area is 94.1 Å². The van der Waals surface area contributed by atoms with Gasteiger partial charge >= 0.3 is 5.97 Å². The Bertz CT molecular complexity index is 440. The Morgan fingerprint density at radius 2 is 1.81 bits per heavy atom. The fourth-order valence-corrected chi connectivity index (χ4v) is 2.19. The van der Waals surface area contributed by atoms with Crippen molar-refractivity contribution < 1.29 is 26.7 Å². The van der Waals surface area contributed by atoms with Crippen LogP contribution in [0.3, 0.4) is 0 Å². The Balaban J connectivity index is 4.60. The van der Waals surface area contributed by atoms with Crippen LogP contribution in [-0.2, 0) is 24.8 Å². The average molecular weight is 274 g/mol. The molecule has 0 rings (SSSR count). The van der Waals surface area contributed by atoms with Crippen LogP contribution < -0.4 is 9.44 Å². The van der Waals surface area contributed by atoms with Crippen LogP contribution in [0.1, 0.15) is 6.42 Å². The van der Waals surface area contributed by atoms with Crippen molar-refractivity contribution in [3.05, 3.63) is 0 Å². The van der Waals surface area contributed by atoms with Crippen LogP contribution >= 0.6 is 0 Å². The molecule has 0 aliphatic heterocycles. The lowest BCUT2D eigenvalue weighted by Gasteiger charge is -2.13. The van der Waals surface area contributed by atoms with Gasteiger partial charge in [0.2, 0.25) is 0 Å². The van der Waals surface area contributed by atoms with Crippen molar-refractivity contribution in [3.8, 4) is 0 Å². The zero-order chi connectivity index (χ0) is 13.0. The maximum Gasteiger partial charge on any atom is 0.321 e. The highest BCUT2D eigenvalue weighted by atomic mass is 32.2. The summed E-state index contributed by atoms with van der Waals surface area (Å²) in [6, 6.07) is -1.47. The first kappa shape index (κ1) is 15.3. The lowest BCUT2D eigenvalue weighted by Crippen LogP contribution is -2.46. The van der Waals surface area contributed by atoms with E-state index >= 15 is 0 Å². The minimum Gasteiger partial charge on any atom is -0.480 e. The van der Waals surface area contributed by atoms with E-state index in [1.165, 1.54) is 0 Å². The molecule has 1 atom stereocenters. The number of nitrogens with one attached hydrogen (secondary N) is 2. The molecule has 0 aromatic carbocycles. The van der Waals surface area contributed by atoms with Crippen molar-refractivity contribution in [2.24, 2.45) is 0 Å². The van der Waals surface area contributed by atoms with Gasteiger partial charge in [0.15, 0.2) is 0 Å². The number of carbonyl (C=O) groups is 1. The molecule has 0 fully saturated rings. The Morgan fingerprint density at radius 1 is 1.31 bits per heavy atom. The first-order chi connectivity index (χ1) is 7.07. The van der Waals surface area contributed by atoms with Gasteiger partial charge in [-0.2, -0.15) is 13.1 Å². The molecule has 96 valence electrons. The molecule has 8 nitrogen and oxygen atoms in total. The van der Waals surface area contributed by atoms with Gasteiger partial charge in [0.1, 0.15) is 15.9 Å². The summed E-state index contributed by atoms with van der Waals surface area (Å²) in [5.41, 5.74) is 0. The summed E-state index contributed by atoms with van der Waals surface area (Å²) in [5, 5.41) is 8.68. The van der Waals surface area contributed by atoms with Gasteiger partial charge < -0.3 is 5.11 Å². The van der Waals surface area contributed by atoms with Gasteiger partial charge in [-0.05, 0) is 6.42 Å². The van der Waals surface area contributed by atoms with E-state index in [1.807, 2.05) is 9.44 Å². The van der Waals surface area contributed by atoms with Crippen molar-refractivity contribution in [2.75, 3.05) is 19.1 Å². The maximum absolute atomic E-state index is 11.0. The summed E-state index contributed by atoms with van der Waals surface area (Å²) in [5.74, 6) is -1.83. The van der Waals surface area contributed by atoms with Crippen LogP contribution in [-0.4, -0.2) is 53.0 Å². The van der Waals surface area contributed by atoms with Crippen LogP contribution in [0.25, 0.3) is 0 Å². The highest BCUT2D eigenvalue weighted by Crippen LogP contribution is 1.98. The summed E-state index contributed by atoms with van der Waals surface area (Å²) < 4.78 is 47.3. The molecule has 0 bridgehead atoms. The Kier molecular flexibility index (Phi) is 5.32. The van der Waals surface area contributed by atoms with E-state index in [0.717, 1.165) is 13.3 Å². The third kappa shape index (κ3) is 6.71. The molecule has 10 heteroatoms. The molecule has 0 saturated carbocycles. The first-order valence-corrected chi connectivity index (χ1v) is 7.73. The molecule has 16 heavy (non-hydrogen) atoms. The average Bonchev–Trinajstić information content (AvgIpc) is 2.10. The first-order valence-electron chi connectivity index (χ1n) is 4.19. The molecule has 0 aromatic rings. The van der Waals surface area contributed by atoms with Crippen molar-refractivity contribution in [3.63, 3.8) is 0 Å². The zero-order valence-electron chi connectivity index (χ0n) is 8.80. The molecule has 0 saturated heterocycles. The molecule has 0 radical (unpaired) electrons. The normalized spacial score (nSPS) is 14.6. The molecular formula is C6H14N2O6S2. The van der Waals surface area contributed by atoms with Crippen LogP contribution in [0.4, 0.5) is 0 Å². The number of rotatable bonds is 7. The number of aliphatic carboxylic acids is 1. The highest BCUT2D eigenvalue weighted by Gasteiger charge is 2.24. The number of carboxylic acid groups (broad SMARTS) is 1. The third-order valence-corrected chi connectivity index (χ3v) is 3.75. The molecule has 0 amide bonds. The fourth-order valence-electron chi connectivity index (χ4n) is 0.811. The zero-order valence-corrected chi connectivity index (χ0v) is 10.4. The second kappa shape index (κ2) is 5.57. The van der Waals surface area contributed by atoms with Gasteiger partial charge in [0, 0.05) is 13.3 Å². The van der Waals surface area contributed by atoms with E-state index in [2.05, 4.69) is 0 Å². The molecule has 3 N–H and O–H groups in total. The smallest absolute Gasteiger partial charge is 0.321 e. The fraction of sp³-hybridized carbons (Fsp3) is 0.833. The van der Waals surface area contributed by atoms with Crippen molar-refractivity contribution in [1.29, 1.82) is 0 Å². The third-order valence-electron chi connectivity index (χ3n) is 1.64. The van der Waals surface area contributed by atoms with E-state index in [4.69, 9.17) is 5.11 Å². The summed E-state index contributed by atoms with van der Waals surface area (Å²) >= 11 is 0. The summed E-state index contributed by atoms with van der Waals surface area (Å²) in [7, 11) is -6.13.